The number of amides is 2. The summed E-state index contributed by atoms with van der Waals surface area (Å²) in [4.78, 5) is 22.6. The molecule has 3 N–H and O–H groups in total. The molecule has 0 bridgehead atoms. The van der Waals surface area contributed by atoms with Gasteiger partial charge >= 0.3 is 12.0 Å². The molecule has 2 aromatic rings. The van der Waals surface area contributed by atoms with Crippen molar-refractivity contribution in [1.29, 1.82) is 0 Å². The molecule has 0 aliphatic rings. The van der Waals surface area contributed by atoms with Gasteiger partial charge in [0.2, 0.25) is 0 Å². The minimum Gasteiger partial charge on any atom is -0.481 e. The maximum Gasteiger partial charge on any atom is 0.319 e. The molecular formula is C14H16N4O3. The van der Waals surface area contributed by atoms with Crippen molar-refractivity contribution in [2.24, 2.45) is 7.05 Å². The number of nitrogens with one attached hydrogen (secondary N) is 2. The molecule has 1 aromatic heterocycles. The first-order valence-corrected chi connectivity index (χ1v) is 6.37. The fourth-order valence-electron chi connectivity index (χ4n) is 1.85. The molecule has 0 atom stereocenters. The fraction of sp³-hybridized carbons (Fsp3) is 0.214. The number of urea groups is 1. The molecule has 110 valence electrons. The van der Waals surface area contributed by atoms with Gasteiger partial charge in [0.25, 0.3) is 0 Å². The normalized spacial score (nSPS) is 10.1. The van der Waals surface area contributed by atoms with Crippen LogP contribution in [0, 0.1) is 0 Å². The van der Waals surface area contributed by atoms with E-state index in [1.165, 1.54) is 0 Å². The largest absolute Gasteiger partial charge is 0.481 e. The summed E-state index contributed by atoms with van der Waals surface area (Å²) in [7, 11) is 1.80. The number of anilines is 1. The van der Waals surface area contributed by atoms with Gasteiger partial charge in [-0.15, -0.1) is 0 Å². The molecule has 7 heteroatoms. The molecule has 21 heavy (non-hydrogen) atoms. The number of nitrogens with zero attached hydrogens (tertiary/aromatic N) is 2. The summed E-state index contributed by atoms with van der Waals surface area (Å²) in [6.07, 6.45) is 1.65. The van der Waals surface area contributed by atoms with Crippen LogP contribution < -0.4 is 10.6 Å². The van der Waals surface area contributed by atoms with E-state index in [2.05, 4.69) is 15.7 Å². The zero-order valence-corrected chi connectivity index (χ0v) is 11.5. The number of carboxylic acids is 1. The molecule has 0 fully saturated rings. The smallest absolute Gasteiger partial charge is 0.319 e. The van der Waals surface area contributed by atoms with E-state index in [0.29, 0.717) is 17.8 Å². The third-order valence-corrected chi connectivity index (χ3v) is 2.81. The molecule has 0 spiro atoms. The van der Waals surface area contributed by atoms with Crippen molar-refractivity contribution < 1.29 is 14.7 Å². The Morgan fingerprint density at radius 1 is 1.29 bits per heavy atom. The Balaban J connectivity index is 1.94. The molecule has 2 rings (SSSR count). The number of aromatic nitrogens is 2. The Kier molecular flexibility index (Phi) is 4.55. The third-order valence-electron chi connectivity index (χ3n) is 2.81. The van der Waals surface area contributed by atoms with Crippen LogP contribution in [0.5, 0.6) is 0 Å². The van der Waals surface area contributed by atoms with Gasteiger partial charge in [-0.25, -0.2) is 4.79 Å². The number of benzene rings is 1. The van der Waals surface area contributed by atoms with Gasteiger partial charge in [-0.2, -0.15) is 5.10 Å². The lowest BCUT2D eigenvalue weighted by atomic mass is 10.1. The summed E-state index contributed by atoms with van der Waals surface area (Å²) >= 11 is 0. The molecule has 0 saturated heterocycles. The minimum atomic E-state index is -0.946. The second-order valence-corrected chi connectivity index (χ2v) is 4.52. The number of para-hydroxylation sites is 1. The first-order chi connectivity index (χ1) is 10.0. The second kappa shape index (κ2) is 6.56. The zero-order chi connectivity index (χ0) is 15.2. The van der Waals surface area contributed by atoms with Crippen molar-refractivity contribution in [2.75, 3.05) is 5.32 Å². The Morgan fingerprint density at radius 3 is 2.71 bits per heavy atom. The number of aliphatic carboxylic acids is 1. The molecular weight excluding hydrogens is 272 g/mol. The molecule has 0 aliphatic heterocycles. The topological polar surface area (TPSA) is 96.2 Å². The lowest BCUT2D eigenvalue weighted by Crippen LogP contribution is -2.29. The lowest BCUT2D eigenvalue weighted by molar-refractivity contribution is -0.136. The molecule has 1 heterocycles. The number of carbonyl (C=O) groups is 2. The SMILES string of the molecule is Cn1ccc(CNC(=O)Nc2ccccc2CC(=O)O)n1. The van der Waals surface area contributed by atoms with Crippen LogP contribution in [0.4, 0.5) is 10.5 Å². The zero-order valence-electron chi connectivity index (χ0n) is 11.5. The molecule has 0 radical (unpaired) electrons. The first-order valence-electron chi connectivity index (χ1n) is 6.37. The highest BCUT2D eigenvalue weighted by molar-refractivity contribution is 5.90. The Labute approximate surface area is 121 Å². The van der Waals surface area contributed by atoms with Gasteiger partial charge in [0, 0.05) is 18.9 Å². The fourth-order valence-corrected chi connectivity index (χ4v) is 1.85. The summed E-state index contributed by atoms with van der Waals surface area (Å²) in [5, 5.41) is 18.3. The molecule has 0 unspecified atom stereocenters. The lowest BCUT2D eigenvalue weighted by Gasteiger charge is -2.10. The van der Waals surface area contributed by atoms with E-state index < -0.39 is 12.0 Å². The van der Waals surface area contributed by atoms with E-state index in [4.69, 9.17) is 5.11 Å². The maximum atomic E-state index is 11.8. The maximum absolute atomic E-state index is 11.8. The number of rotatable bonds is 5. The van der Waals surface area contributed by atoms with Crippen molar-refractivity contribution in [1.82, 2.24) is 15.1 Å². The number of aryl methyl sites for hydroxylation is 1. The second-order valence-electron chi connectivity index (χ2n) is 4.52. The molecule has 1 aromatic carbocycles. The van der Waals surface area contributed by atoms with Gasteiger partial charge < -0.3 is 15.7 Å². The predicted molar refractivity (Wildman–Crippen MR) is 76.8 cm³/mol. The standard InChI is InChI=1S/C14H16N4O3/c1-18-7-6-11(17-18)9-15-14(21)16-12-5-3-2-4-10(12)8-13(19)20/h2-7H,8-9H2,1H3,(H,19,20)(H2,15,16,21). The summed E-state index contributed by atoms with van der Waals surface area (Å²) in [6.45, 7) is 0.299. The first kappa shape index (κ1) is 14.6. The van der Waals surface area contributed by atoms with Crippen LogP contribution in [-0.4, -0.2) is 26.9 Å². The van der Waals surface area contributed by atoms with E-state index in [0.717, 1.165) is 5.69 Å². The molecule has 2 amide bonds. The van der Waals surface area contributed by atoms with Gasteiger partial charge in [0.05, 0.1) is 18.7 Å². The van der Waals surface area contributed by atoms with Crippen LogP contribution in [0.25, 0.3) is 0 Å². The Morgan fingerprint density at radius 2 is 2.05 bits per heavy atom. The van der Waals surface area contributed by atoms with Crippen LogP contribution in [-0.2, 0) is 24.8 Å². The summed E-state index contributed by atoms with van der Waals surface area (Å²) in [6, 6.07) is 8.20. The molecule has 0 saturated carbocycles. The average molecular weight is 288 g/mol. The number of carboxylic acid groups (broad SMARTS) is 1. The van der Waals surface area contributed by atoms with Gasteiger partial charge in [-0.1, -0.05) is 18.2 Å². The third kappa shape index (κ3) is 4.34. The highest BCUT2D eigenvalue weighted by Crippen LogP contribution is 2.15. The van der Waals surface area contributed by atoms with Crippen molar-refractivity contribution in [3.05, 3.63) is 47.8 Å². The van der Waals surface area contributed by atoms with Crippen LogP contribution >= 0.6 is 0 Å². The summed E-state index contributed by atoms with van der Waals surface area (Å²) < 4.78 is 1.65. The Hall–Kier alpha value is -2.83. The van der Waals surface area contributed by atoms with Crippen LogP contribution in [0.3, 0.4) is 0 Å². The minimum absolute atomic E-state index is 0.142. The Bertz CT molecular complexity index is 651. The van der Waals surface area contributed by atoms with E-state index in [-0.39, 0.29) is 6.42 Å². The highest BCUT2D eigenvalue weighted by atomic mass is 16.4. The number of hydrogen-bond acceptors (Lipinski definition) is 3. The van der Waals surface area contributed by atoms with Crippen molar-refractivity contribution in [3.8, 4) is 0 Å². The number of hydrogen-bond donors (Lipinski definition) is 3. The molecule has 7 nitrogen and oxygen atoms in total. The van der Waals surface area contributed by atoms with E-state index >= 15 is 0 Å². The van der Waals surface area contributed by atoms with E-state index in [1.807, 2.05) is 0 Å². The molecule has 0 aliphatic carbocycles. The average Bonchev–Trinajstić information content (AvgIpc) is 2.84. The van der Waals surface area contributed by atoms with Crippen molar-refractivity contribution in [2.45, 2.75) is 13.0 Å². The van der Waals surface area contributed by atoms with Gasteiger partial charge in [-0.05, 0) is 17.7 Å². The van der Waals surface area contributed by atoms with Crippen molar-refractivity contribution in [3.63, 3.8) is 0 Å². The highest BCUT2D eigenvalue weighted by Gasteiger charge is 2.09. The van der Waals surface area contributed by atoms with Gasteiger partial charge in [-0.3, -0.25) is 9.48 Å². The van der Waals surface area contributed by atoms with Crippen molar-refractivity contribution >= 4 is 17.7 Å². The van der Waals surface area contributed by atoms with E-state index in [9.17, 15) is 9.59 Å². The monoisotopic (exact) mass is 288 g/mol. The predicted octanol–water partition coefficient (Wildman–Crippen LogP) is 1.37. The van der Waals surface area contributed by atoms with Gasteiger partial charge in [0.15, 0.2) is 0 Å². The van der Waals surface area contributed by atoms with Crippen LogP contribution in [0.2, 0.25) is 0 Å². The summed E-state index contributed by atoms with van der Waals surface area (Å²) in [5.74, 6) is -0.946. The van der Waals surface area contributed by atoms with Gasteiger partial charge in [0.1, 0.15) is 0 Å². The van der Waals surface area contributed by atoms with Crippen LogP contribution in [0.1, 0.15) is 11.3 Å². The number of carbonyl (C=O) groups excluding carboxylic acids is 1. The quantitative estimate of drug-likeness (QED) is 0.774. The van der Waals surface area contributed by atoms with E-state index in [1.54, 1.807) is 48.3 Å². The van der Waals surface area contributed by atoms with Crippen LogP contribution in [0.15, 0.2) is 36.5 Å². The summed E-state index contributed by atoms with van der Waals surface area (Å²) in [5.41, 5.74) is 1.78.